The second-order valence-corrected chi connectivity index (χ2v) is 7.92. The van der Waals surface area contributed by atoms with Crippen molar-refractivity contribution in [1.29, 1.82) is 0 Å². The highest BCUT2D eigenvalue weighted by molar-refractivity contribution is 6.31. The number of hydrogen-bond donors (Lipinski definition) is 2. The third-order valence-electron chi connectivity index (χ3n) is 5.10. The lowest BCUT2D eigenvalue weighted by atomic mass is 10.0. The summed E-state index contributed by atoms with van der Waals surface area (Å²) in [6.07, 6.45) is -0.0172. The SMILES string of the molecule is CC1CN(C(CNC(=O)CNC(=O)COc2ccccc2)c2c(F)cccc2Cl)CCO1. The van der Waals surface area contributed by atoms with Gasteiger partial charge in [0.05, 0.1) is 25.3 Å². The van der Waals surface area contributed by atoms with Crippen molar-refractivity contribution in [2.24, 2.45) is 0 Å². The molecule has 2 amide bonds. The van der Waals surface area contributed by atoms with Gasteiger partial charge < -0.3 is 20.1 Å². The van der Waals surface area contributed by atoms with E-state index in [9.17, 15) is 14.0 Å². The summed E-state index contributed by atoms with van der Waals surface area (Å²) >= 11 is 6.30. The molecule has 0 aromatic heterocycles. The summed E-state index contributed by atoms with van der Waals surface area (Å²) in [6, 6.07) is 13.0. The van der Waals surface area contributed by atoms with Crippen LogP contribution in [0.2, 0.25) is 5.02 Å². The minimum Gasteiger partial charge on any atom is -0.484 e. The Hall–Kier alpha value is -2.68. The average Bonchev–Trinajstić information content (AvgIpc) is 2.79. The lowest BCUT2D eigenvalue weighted by Crippen LogP contribution is -2.48. The first-order valence-corrected chi connectivity index (χ1v) is 10.8. The van der Waals surface area contributed by atoms with Gasteiger partial charge in [-0.1, -0.05) is 35.9 Å². The molecule has 0 aliphatic carbocycles. The zero-order chi connectivity index (χ0) is 22.9. The summed E-state index contributed by atoms with van der Waals surface area (Å²) in [4.78, 5) is 26.3. The minimum atomic E-state index is -0.462. The number of hydrogen-bond acceptors (Lipinski definition) is 5. The number of benzene rings is 2. The molecule has 172 valence electrons. The third kappa shape index (κ3) is 6.91. The van der Waals surface area contributed by atoms with Crippen molar-refractivity contribution in [3.8, 4) is 5.75 Å². The molecule has 7 nitrogen and oxygen atoms in total. The van der Waals surface area contributed by atoms with Crippen molar-refractivity contribution in [3.05, 3.63) is 64.9 Å². The normalized spacial score (nSPS) is 17.4. The van der Waals surface area contributed by atoms with Gasteiger partial charge in [-0.3, -0.25) is 14.5 Å². The maximum Gasteiger partial charge on any atom is 0.258 e. The van der Waals surface area contributed by atoms with E-state index in [2.05, 4.69) is 10.6 Å². The predicted molar refractivity (Wildman–Crippen MR) is 119 cm³/mol. The van der Waals surface area contributed by atoms with E-state index in [0.29, 0.717) is 36.0 Å². The van der Waals surface area contributed by atoms with Gasteiger partial charge >= 0.3 is 0 Å². The van der Waals surface area contributed by atoms with E-state index in [4.69, 9.17) is 21.1 Å². The number of carbonyl (C=O) groups excluding carboxylic acids is 2. The van der Waals surface area contributed by atoms with Crippen molar-refractivity contribution in [3.63, 3.8) is 0 Å². The second kappa shape index (κ2) is 11.8. The van der Waals surface area contributed by atoms with Crippen LogP contribution < -0.4 is 15.4 Å². The molecule has 0 radical (unpaired) electrons. The van der Waals surface area contributed by atoms with Gasteiger partial charge in [-0.15, -0.1) is 0 Å². The summed E-state index contributed by atoms with van der Waals surface area (Å²) in [5.74, 6) is -0.671. The van der Waals surface area contributed by atoms with Gasteiger partial charge in [-0.05, 0) is 31.2 Å². The molecule has 1 aliphatic heterocycles. The summed E-state index contributed by atoms with van der Waals surface area (Å²) in [5.41, 5.74) is 0.337. The molecule has 0 saturated carbocycles. The summed E-state index contributed by atoms with van der Waals surface area (Å²) < 4.78 is 25.6. The molecule has 0 bridgehead atoms. The number of amides is 2. The van der Waals surface area contributed by atoms with Crippen molar-refractivity contribution >= 4 is 23.4 Å². The number of para-hydroxylation sites is 1. The van der Waals surface area contributed by atoms with E-state index in [1.54, 1.807) is 36.4 Å². The Morgan fingerprint density at radius 3 is 2.69 bits per heavy atom. The van der Waals surface area contributed by atoms with Crippen molar-refractivity contribution < 1.29 is 23.5 Å². The highest BCUT2D eigenvalue weighted by Gasteiger charge is 2.29. The Morgan fingerprint density at radius 2 is 1.97 bits per heavy atom. The third-order valence-corrected chi connectivity index (χ3v) is 5.43. The molecule has 9 heteroatoms. The van der Waals surface area contributed by atoms with Gasteiger partial charge in [0.15, 0.2) is 6.61 Å². The van der Waals surface area contributed by atoms with Gasteiger partial charge in [-0.2, -0.15) is 0 Å². The molecule has 2 atom stereocenters. The van der Waals surface area contributed by atoms with Crippen LogP contribution in [-0.2, 0) is 14.3 Å². The van der Waals surface area contributed by atoms with Crippen LogP contribution in [0.15, 0.2) is 48.5 Å². The Bertz CT molecular complexity index is 895. The first-order valence-electron chi connectivity index (χ1n) is 10.4. The number of morpholine rings is 1. The van der Waals surface area contributed by atoms with Gasteiger partial charge in [0, 0.05) is 30.2 Å². The number of nitrogens with zero attached hydrogens (tertiary/aromatic N) is 1. The van der Waals surface area contributed by atoms with Crippen molar-refractivity contribution in [1.82, 2.24) is 15.5 Å². The molecule has 2 aromatic rings. The molecule has 2 unspecified atom stereocenters. The van der Waals surface area contributed by atoms with Crippen LogP contribution >= 0.6 is 11.6 Å². The van der Waals surface area contributed by atoms with Gasteiger partial charge in [-0.25, -0.2) is 4.39 Å². The standard InChI is InChI=1S/C23H27ClFN3O4/c1-16-14-28(10-11-31-16)20(23-18(24)8-5-9-19(23)25)12-26-21(29)13-27-22(30)15-32-17-6-3-2-4-7-17/h2-9,16,20H,10-15H2,1H3,(H,26,29)(H,27,30). The van der Waals surface area contributed by atoms with E-state index < -0.39 is 23.7 Å². The first kappa shape index (κ1) is 24.0. The van der Waals surface area contributed by atoms with Gasteiger partial charge in [0.1, 0.15) is 11.6 Å². The fourth-order valence-electron chi connectivity index (χ4n) is 3.54. The fourth-order valence-corrected chi connectivity index (χ4v) is 3.83. The molecule has 1 aliphatic rings. The Labute approximate surface area is 191 Å². The number of ether oxygens (including phenoxy) is 2. The van der Waals surface area contributed by atoms with Crippen molar-refractivity contribution in [2.75, 3.05) is 39.4 Å². The lowest BCUT2D eigenvalue weighted by molar-refractivity contribution is -0.127. The molecule has 0 spiro atoms. The molecular formula is C23H27ClFN3O4. The highest BCUT2D eigenvalue weighted by Crippen LogP contribution is 2.31. The van der Waals surface area contributed by atoms with E-state index in [0.717, 1.165) is 0 Å². The maximum atomic E-state index is 14.6. The molecule has 3 rings (SSSR count). The van der Waals surface area contributed by atoms with Crippen molar-refractivity contribution in [2.45, 2.75) is 19.1 Å². The molecule has 1 saturated heterocycles. The topological polar surface area (TPSA) is 79.9 Å². The predicted octanol–water partition coefficient (Wildman–Crippen LogP) is 2.55. The molecule has 32 heavy (non-hydrogen) atoms. The molecule has 2 aromatic carbocycles. The van der Waals surface area contributed by atoms with Crippen LogP contribution in [0, 0.1) is 5.82 Å². The first-order chi connectivity index (χ1) is 15.4. The van der Waals surface area contributed by atoms with Crippen LogP contribution in [0.25, 0.3) is 0 Å². The van der Waals surface area contributed by atoms with Crippen LogP contribution in [0.5, 0.6) is 5.75 Å². The van der Waals surface area contributed by atoms with E-state index in [1.807, 2.05) is 17.9 Å². The second-order valence-electron chi connectivity index (χ2n) is 7.51. The quantitative estimate of drug-likeness (QED) is 0.597. The van der Waals surface area contributed by atoms with Crippen LogP contribution in [0.4, 0.5) is 4.39 Å². The fraction of sp³-hybridized carbons (Fsp3) is 0.391. The Kier molecular flexibility index (Phi) is 8.84. The molecule has 1 fully saturated rings. The van der Waals surface area contributed by atoms with E-state index in [-0.39, 0.29) is 25.8 Å². The molecule has 1 heterocycles. The molecule has 2 N–H and O–H groups in total. The largest absolute Gasteiger partial charge is 0.484 e. The smallest absolute Gasteiger partial charge is 0.258 e. The zero-order valence-electron chi connectivity index (χ0n) is 17.9. The number of nitrogens with one attached hydrogen (secondary N) is 2. The van der Waals surface area contributed by atoms with Gasteiger partial charge in [0.2, 0.25) is 5.91 Å². The summed E-state index contributed by atoms with van der Waals surface area (Å²) in [7, 11) is 0. The molecular weight excluding hydrogens is 437 g/mol. The minimum absolute atomic E-state index is 0.0172. The number of carbonyl (C=O) groups is 2. The van der Waals surface area contributed by atoms with E-state index >= 15 is 0 Å². The Balaban J connectivity index is 1.54. The summed E-state index contributed by atoms with van der Waals surface area (Å²) in [5, 5.41) is 5.59. The highest BCUT2D eigenvalue weighted by atomic mass is 35.5. The van der Waals surface area contributed by atoms with Crippen LogP contribution in [0.1, 0.15) is 18.5 Å². The van der Waals surface area contributed by atoms with Gasteiger partial charge in [0.25, 0.3) is 5.91 Å². The number of halogens is 2. The van der Waals surface area contributed by atoms with Crippen LogP contribution in [-0.4, -0.2) is 62.2 Å². The zero-order valence-corrected chi connectivity index (χ0v) is 18.6. The monoisotopic (exact) mass is 463 g/mol. The Morgan fingerprint density at radius 1 is 1.19 bits per heavy atom. The number of rotatable bonds is 9. The lowest BCUT2D eigenvalue weighted by Gasteiger charge is -2.38. The maximum absolute atomic E-state index is 14.6. The summed E-state index contributed by atoms with van der Waals surface area (Å²) in [6.45, 7) is 3.35. The van der Waals surface area contributed by atoms with Crippen LogP contribution in [0.3, 0.4) is 0 Å². The van der Waals surface area contributed by atoms with E-state index in [1.165, 1.54) is 6.07 Å². The average molecular weight is 464 g/mol.